The number of hydrogen-bond acceptors (Lipinski definition) is 3. The molecule has 0 unspecified atom stereocenters. The summed E-state index contributed by atoms with van der Waals surface area (Å²) in [5, 5.41) is 2.80. The van der Waals surface area contributed by atoms with Gasteiger partial charge in [0.05, 0.1) is 0 Å². The maximum absolute atomic E-state index is 12.3. The number of hydrogen-bond donors (Lipinski definition) is 1. The molecule has 2 rings (SSSR count). The lowest BCUT2D eigenvalue weighted by Gasteiger charge is -2.26. The Bertz CT molecular complexity index is 753. The van der Waals surface area contributed by atoms with E-state index in [-0.39, 0.29) is 0 Å². The Kier molecular flexibility index (Phi) is 8.06. The molecule has 2 aromatic carbocycles. The zero-order valence-corrected chi connectivity index (χ0v) is 18.0. The Balaban J connectivity index is 2.03. The number of ether oxygens (including phenoxy) is 1. The highest BCUT2D eigenvalue weighted by atomic mass is 16.6. The number of anilines is 1. The van der Waals surface area contributed by atoms with Crippen molar-refractivity contribution in [3.05, 3.63) is 59.7 Å². The van der Waals surface area contributed by atoms with Crippen LogP contribution in [0.25, 0.3) is 0 Å². The monoisotopic (exact) mass is 382 g/mol. The molecule has 0 aromatic heterocycles. The van der Waals surface area contributed by atoms with Crippen LogP contribution in [0.1, 0.15) is 57.1 Å². The summed E-state index contributed by atoms with van der Waals surface area (Å²) in [5.74, 6) is 1.98. The van der Waals surface area contributed by atoms with Crippen LogP contribution in [0.2, 0.25) is 0 Å². The van der Waals surface area contributed by atoms with Gasteiger partial charge >= 0.3 is 6.09 Å². The molecule has 0 spiro atoms. The van der Waals surface area contributed by atoms with Crippen molar-refractivity contribution in [2.45, 2.75) is 46.0 Å². The third-order valence-electron chi connectivity index (χ3n) is 5.10. The minimum absolute atomic E-state index is 0.428. The lowest BCUT2D eigenvalue weighted by molar-refractivity contribution is 0.215. The number of amides is 1. The first-order chi connectivity index (χ1) is 13.3. The molecule has 1 N–H and O–H groups in total. The minimum Gasteiger partial charge on any atom is -0.410 e. The minimum atomic E-state index is -0.469. The van der Waals surface area contributed by atoms with Crippen molar-refractivity contribution >= 4 is 11.8 Å². The highest BCUT2D eigenvalue weighted by Gasteiger charge is 2.19. The molecule has 0 aliphatic rings. The van der Waals surface area contributed by atoms with Gasteiger partial charge in [-0.2, -0.15) is 0 Å². The van der Waals surface area contributed by atoms with E-state index in [4.69, 9.17) is 4.74 Å². The number of carbonyl (C=O) groups excluding carboxylic acids is 1. The largest absolute Gasteiger partial charge is 0.417 e. The molecule has 0 aliphatic heterocycles. The molecule has 0 heterocycles. The Hall–Kier alpha value is -2.33. The average Bonchev–Trinajstić information content (AvgIpc) is 2.62. The molecule has 1 amide bonds. The molecular weight excluding hydrogens is 348 g/mol. The van der Waals surface area contributed by atoms with Crippen molar-refractivity contribution in [1.29, 1.82) is 0 Å². The smallest absolute Gasteiger partial charge is 0.410 e. The van der Waals surface area contributed by atoms with Crippen molar-refractivity contribution in [3.63, 3.8) is 0 Å². The van der Waals surface area contributed by atoms with Gasteiger partial charge in [-0.25, -0.2) is 4.79 Å². The van der Waals surface area contributed by atoms with E-state index in [0.29, 0.717) is 23.5 Å². The highest BCUT2D eigenvalue weighted by Crippen LogP contribution is 2.30. The van der Waals surface area contributed by atoms with E-state index in [1.54, 1.807) is 0 Å². The van der Waals surface area contributed by atoms with Gasteiger partial charge in [0.15, 0.2) is 0 Å². The van der Waals surface area contributed by atoms with Crippen molar-refractivity contribution < 1.29 is 9.53 Å². The van der Waals surface area contributed by atoms with Gasteiger partial charge in [0.25, 0.3) is 0 Å². The van der Waals surface area contributed by atoms with Crippen LogP contribution in [0.4, 0.5) is 10.5 Å². The molecular formula is C24H34N2O2. The van der Waals surface area contributed by atoms with Gasteiger partial charge in [0, 0.05) is 12.2 Å². The Labute approximate surface area is 169 Å². The van der Waals surface area contributed by atoms with Crippen molar-refractivity contribution in [2.24, 2.45) is 5.92 Å². The lowest BCUT2D eigenvalue weighted by atomic mass is 9.85. The summed E-state index contributed by atoms with van der Waals surface area (Å²) in [6.07, 6.45) is 0.580. The summed E-state index contributed by atoms with van der Waals surface area (Å²) >= 11 is 0. The topological polar surface area (TPSA) is 41.6 Å². The fraction of sp³-hybridized carbons (Fsp3) is 0.458. The van der Waals surface area contributed by atoms with Crippen LogP contribution in [0.15, 0.2) is 48.5 Å². The second kappa shape index (κ2) is 10.3. The SMILES string of the molecule is CC[C@H](c1cccc(OC(=O)Nc2ccc(C(C)C)cc2)c1)[C@@H](C)CN(C)C. The van der Waals surface area contributed by atoms with Crippen LogP contribution in [0.5, 0.6) is 5.75 Å². The fourth-order valence-electron chi connectivity index (χ4n) is 3.68. The molecule has 0 fully saturated rings. The molecule has 28 heavy (non-hydrogen) atoms. The highest BCUT2D eigenvalue weighted by molar-refractivity contribution is 5.86. The summed E-state index contributed by atoms with van der Waals surface area (Å²) in [6.45, 7) is 9.79. The zero-order chi connectivity index (χ0) is 20.7. The summed E-state index contributed by atoms with van der Waals surface area (Å²) < 4.78 is 5.53. The first-order valence-corrected chi connectivity index (χ1v) is 10.1. The summed E-state index contributed by atoms with van der Waals surface area (Å²) in [5.41, 5.74) is 3.18. The second-order valence-corrected chi connectivity index (χ2v) is 8.12. The quantitative estimate of drug-likeness (QED) is 0.599. The Morgan fingerprint density at radius 1 is 1.04 bits per heavy atom. The van der Waals surface area contributed by atoms with E-state index >= 15 is 0 Å². The van der Waals surface area contributed by atoms with Crippen molar-refractivity contribution in [1.82, 2.24) is 4.90 Å². The Morgan fingerprint density at radius 3 is 2.29 bits per heavy atom. The molecule has 0 radical (unpaired) electrons. The second-order valence-electron chi connectivity index (χ2n) is 8.12. The van der Waals surface area contributed by atoms with Crippen molar-refractivity contribution in [2.75, 3.05) is 26.0 Å². The Morgan fingerprint density at radius 2 is 1.71 bits per heavy atom. The molecule has 4 heteroatoms. The maximum atomic E-state index is 12.3. The maximum Gasteiger partial charge on any atom is 0.417 e. The average molecular weight is 383 g/mol. The van der Waals surface area contributed by atoms with Gasteiger partial charge in [0.2, 0.25) is 0 Å². The van der Waals surface area contributed by atoms with Gasteiger partial charge in [-0.05, 0) is 73.7 Å². The van der Waals surface area contributed by atoms with E-state index in [9.17, 15) is 4.79 Å². The summed E-state index contributed by atoms with van der Waals surface area (Å²) in [4.78, 5) is 14.5. The van der Waals surface area contributed by atoms with E-state index in [1.165, 1.54) is 11.1 Å². The third-order valence-corrected chi connectivity index (χ3v) is 5.10. The molecule has 0 saturated heterocycles. The van der Waals surface area contributed by atoms with Gasteiger partial charge in [-0.1, -0.05) is 52.0 Å². The molecule has 0 bridgehead atoms. The van der Waals surface area contributed by atoms with Crippen LogP contribution in [-0.4, -0.2) is 31.6 Å². The van der Waals surface area contributed by atoms with Crippen LogP contribution in [0.3, 0.4) is 0 Å². The number of nitrogens with zero attached hydrogens (tertiary/aromatic N) is 1. The number of nitrogens with one attached hydrogen (secondary N) is 1. The number of carbonyl (C=O) groups is 1. The van der Waals surface area contributed by atoms with Gasteiger partial charge < -0.3 is 9.64 Å². The standard InChI is InChI=1S/C24H34N2O2/c1-7-23(18(4)16-26(5)6)20-9-8-10-22(15-20)28-24(27)25-21-13-11-19(12-14-21)17(2)3/h8-15,17-18,23H,7,16H2,1-6H3,(H,25,27)/t18-,23-/m0/s1. The van der Waals surface area contributed by atoms with Gasteiger partial charge in [-0.15, -0.1) is 0 Å². The molecule has 152 valence electrons. The van der Waals surface area contributed by atoms with Gasteiger partial charge in [0.1, 0.15) is 5.75 Å². The van der Waals surface area contributed by atoms with E-state index in [1.807, 2.05) is 42.5 Å². The predicted octanol–water partition coefficient (Wildman–Crippen LogP) is 6.11. The normalized spacial score (nSPS) is 13.4. The molecule has 0 aliphatic carbocycles. The van der Waals surface area contributed by atoms with Crippen LogP contribution in [0, 0.1) is 5.92 Å². The summed E-state index contributed by atoms with van der Waals surface area (Å²) in [6, 6.07) is 15.8. The van der Waals surface area contributed by atoms with E-state index in [2.05, 4.69) is 58.1 Å². The number of benzene rings is 2. The van der Waals surface area contributed by atoms with Gasteiger partial charge in [-0.3, -0.25) is 5.32 Å². The molecule has 4 nitrogen and oxygen atoms in total. The van der Waals surface area contributed by atoms with E-state index < -0.39 is 6.09 Å². The first-order valence-electron chi connectivity index (χ1n) is 10.1. The molecule has 0 saturated carbocycles. The first kappa shape index (κ1) is 22.0. The zero-order valence-electron chi connectivity index (χ0n) is 18.0. The fourth-order valence-corrected chi connectivity index (χ4v) is 3.68. The van der Waals surface area contributed by atoms with Crippen LogP contribution in [-0.2, 0) is 0 Å². The molecule has 2 atom stereocenters. The molecule has 2 aromatic rings. The summed E-state index contributed by atoms with van der Waals surface area (Å²) in [7, 11) is 4.20. The van der Waals surface area contributed by atoms with Crippen LogP contribution >= 0.6 is 0 Å². The lowest BCUT2D eigenvalue weighted by Crippen LogP contribution is -2.24. The van der Waals surface area contributed by atoms with Crippen LogP contribution < -0.4 is 10.1 Å². The number of rotatable bonds is 8. The van der Waals surface area contributed by atoms with Crippen molar-refractivity contribution in [3.8, 4) is 5.75 Å². The third kappa shape index (κ3) is 6.38. The van der Waals surface area contributed by atoms with E-state index in [0.717, 1.165) is 18.7 Å². The predicted molar refractivity (Wildman–Crippen MR) is 117 cm³/mol.